The molecule has 0 N–H and O–H groups in total. The molecule has 68 valence electrons. The highest BCUT2D eigenvalue weighted by atomic mass is 33.5. The van der Waals surface area contributed by atoms with E-state index in [1.54, 1.807) is 10.4 Å². The molecule has 0 aromatic heterocycles. The monoisotopic (exact) mass is 255 g/mol. The van der Waals surface area contributed by atoms with Crippen LogP contribution in [0, 0.1) is 11.8 Å². The Kier molecular flexibility index (Phi) is 3.70. The summed E-state index contributed by atoms with van der Waals surface area (Å²) in [7, 11) is 1.58. The molecule has 0 saturated heterocycles. The van der Waals surface area contributed by atoms with Crippen LogP contribution in [0.1, 0.15) is 25.7 Å². The van der Waals surface area contributed by atoms with E-state index in [9.17, 15) is 0 Å². The summed E-state index contributed by atoms with van der Waals surface area (Å²) in [6.07, 6.45) is 5.90. The maximum Gasteiger partial charge on any atom is 0.328 e. The smallest absolute Gasteiger partial charge is 0.0588 e. The second-order valence-corrected chi connectivity index (χ2v) is 13.0. The Morgan fingerprint density at radius 2 is 2.17 bits per heavy atom. The summed E-state index contributed by atoms with van der Waals surface area (Å²) in [6, 6.07) is 0. The van der Waals surface area contributed by atoms with Gasteiger partial charge >= 0.3 is 5.10 Å². The van der Waals surface area contributed by atoms with Crippen LogP contribution >= 0.6 is 38.6 Å². The van der Waals surface area contributed by atoms with Crippen LogP contribution in [0.25, 0.3) is 0 Å². The third-order valence-corrected chi connectivity index (χ3v) is 12.2. The van der Waals surface area contributed by atoms with Gasteiger partial charge in [0.15, 0.2) is 22.2 Å². The lowest BCUT2D eigenvalue weighted by molar-refractivity contribution is 0.493. The van der Waals surface area contributed by atoms with Crippen molar-refractivity contribution in [1.82, 2.24) is 0 Å². The fourth-order valence-electron chi connectivity index (χ4n) is 2.45. The van der Waals surface area contributed by atoms with Crippen molar-refractivity contribution in [2.45, 2.75) is 30.9 Å². The molecule has 12 heavy (non-hydrogen) atoms. The third-order valence-electron chi connectivity index (χ3n) is 2.96. The largest absolute Gasteiger partial charge is 0.328 e. The number of thiol groups is 1. The highest BCUT2D eigenvalue weighted by Gasteiger charge is 2.43. The van der Waals surface area contributed by atoms with Gasteiger partial charge in [0.05, 0.1) is 5.25 Å². The first kappa shape index (κ1) is 10.1. The Morgan fingerprint density at radius 1 is 1.33 bits per heavy atom. The molecule has 0 aromatic rings. The van der Waals surface area contributed by atoms with Crippen LogP contribution in [0.15, 0.2) is 0 Å². The maximum absolute atomic E-state index is 5.31. The van der Waals surface area contributed by atoms with Gasteiger partial charge in [-0.3, -0.25) is 0 Å². The maximum atomic E-state index is 5.31. The van der Waals surface area contributed by atoms with E-state index in [1.165, 1.54) is 25.7 Å². The van der Waals surface area contributed by atoms with E-state index in [0.29, 0.717) is 0 Å². The molecule has 0 heterocycles. The van der Waals surface area contributed by atoms with Gasteiger partial charge in [0.25, 0.3) is 0 Å². The SMILES string of the molecule is S=[P+](SS)SC1CC2CCC1C2. The van der Waals surface area contributed by atoms with Crippen molar-refractivity contribution < 1.29 is 0 Å². The Balaban J connectivity index is 1.86. The molecule has 4 unspecified atom stereocenters. The number of hydrogen-bond donors (Lipinski definition) is 1. The fraction of sp³-hybridized carbons (Fsp3) is 1.00. The zero-order valence-electron chi connectivity index (χ0n) is 6.68. The first-order valence-corrected chi connectivity index (χ1v) is 10.6. The first-order chi connectivity index (χ1) is 5.79. The molecule has 2 saturated carbocycles. The van der Waals surface area contributed by atoms with E-state index in [4.69, 9.17) is 11.8 Å². The molecule has 0 aromatic carbocycles. The Hall–Kier alpha value is 1.57. The van der Waals surface area contributed by atoms with Gasteiger partial charge in [0.1, 0.15) is 11.4 Å². The number of rotatable bonds is 3. The molecule has 2 aliphatic carbocycles. The topological polar surface area (TPSA) is 0 Å². The molecular weight excluding hydrogens is 243 g/mol. The van der Waals surface area contributed by atoms with Crippen LogP contribution < -0.4 is 0 Å². The lowest BCUT2D eigenvalue weighted by Gasteiger charge is -2.15. The molecule has 4 atom stereocenters. The van der Waals surface area contributed by atoms with Gasteiger partial charge in [-0.15, -0.1) is 0 Å². The van der Waals surface area contributed by atoms with Crippen LogP contribution in [0.3, 0.4) is 0 Å². The van der Waals surface area contributed by atoms with E-state index in [2.05, 4.69) is 11.7 Å². The fourth-order valence-corrected chi connectivity index (χ4v) is 8.41. The van der Waals surface area contributed by atoms with Crippen molar-refractivity contribution in [2.24, 2.45) is 11.8 Å². The lowest BCUT2D eigenvalue weighted by Crippen LogP contribution is -2.10. The second kappa shape index (κ2) is 4.39. The van der Waals surface area contributed by atoms with Crippen molar-refractivity contribution in [3.8, 4) is 0 Å². The summed E-state index contributed by atoms with van der Waals surface area (Å²) in [6.45, 7) is 0. The van der Waals surface area contributed by atoms with Crippen molar-refractivity contribution in [2.75, 3.05) is 0 Å². The highest BCUT2D eigenvalue weighted by Crippen LogP contribution is 2.61. The molecule has 0 radical (unpaired) electrons. The second-order valence-electron chi connectivity index (χ2n) is 3.62. The van der Waals surface area contributed by atoms with Gasteiger partial charge in [-0.05, 0) is 31.1 Å². The summed E-state index contributed by atoms with van der Waals surface area (Å²) in [5.41, 5.74) is 0. The summed E-state index contributed by atoms with van der Waals surface area (Å²) in [5.74, 6) is 2.06. The van der Waals surface area contributed by atoms with E-state index in [0.717, 1.165) is 17.1 Å². The number of hydrogen-bond acceptors (Lipinski definition) is 4. The average Bonchev–Trinajstić information content (AvgIpc) is 2.64. The minimum absolute atomic E-state index is 0.320. The molecule has 2 aliphatic rings. The van der Waals surface area contributed by atoms with Crippen LogP contribution in [0.4, 0.5) is 0 Å². The number of fused-ring (bicyclic) bond motifs is 2. The zero-order chi connectivity index (χ0) is 8.55. The van der Waals surface area contributed by atoms with E-state index >= 15 is 0 Å². The predicted molar refractivity (Wildman–Crippen MR) is 67.7 cm³/mol. The van der Waals surface area contributed by atoms with Gasteiger partial charge in [0, 0.05) is 0 Å². The van der Waals surface area contributed by atoms with E-state index in [1.807, 2.05) is 11.4 Å². The van der Waals surface area contributed by atoms with Crippen LogP contribution in [-0.4, -0.2) is 5.25 Å². The minimum atomic E-state index is -0.320. The van der Waals surface area contributed by atoms with Crippen molar-refractivity contribution >= 4 is 50.4 Å². The van der Waals surface area contributed by atoms with Crippen LogP contribution in [0.2, 0.25) is 0 Å². The Morgan fingerprint density at radius 3 is 2.67 bits per heavy atom. The highest BCUT2D eigenvalue weighted by molar-refractivity contribution is 9.11. The Labute approximate surface area is 92.8 Å². The molecule has 2 bridgehead atoms. The summed E-state index contributed by atoms with van der Waals surface area (Å²) in [4.78, 5) is 0. The average molecular weight is 255 g/mol. The van der Waals surface area contributed by atoms with Gasteiger partial charge in [-0.2, -0.15) is 0 Å². The zero-order valence-corrected chi connectivity index (χ0v) is 10.9. The van der Waals surface area contributed by atoms with Crippen molar-refractivity contribution in [3.05, 3.63) is 0 Å². The third kappa shape index (κ3) is 2.14. The van der Waals surface area contributed by atoms with Gasteiger partial charge in [0.2, 0.25) is 0 Å². The first-order valence-electron chi connectivity index (χ1n) is 4.25. The lowest BCUT2D eigenvalue weighted by atomic mass is 10.0. The molecule has 2 fully saturated rings. The summed E-state index contributed by atoms with van der Waals surface area (Å²) < 4.78 is 0. The molecule has 0 aliphatic heterocycles. The summed E-state index contributed by atoms with van der Waals surface area (Å²) in [5, 5.41) is 0.575. The van der Waals surface area contributed by atoms with Gasteiger partial charge < -0.3 is 0 Å². The van der Waals surface area contributed by atoms with E-state index in [-0.39, 0.29) is 5.10 Å². The molecule has 0 amide bonds. The quantitative estimate of drug-likeness (QED) is 0.455. The molecule has 0 spiro atoms. The molecular formula is C7H12PS4+. The molecule has 5 heteroatoms. The summed E-state index contributed by atoms with van der Waals surface area (Å²) >= 11 is 11.5. The minimum Gasteiger partial charge on any atom is -0.0588 e. The standard InChI is InChI=1S/C7H11PS4/c9-8(12-10)11-7-4-5-1-2-6(7)3-5/h5-7H,1-4H2/p+1. The van der Waals surface area contributed by atoms with Crippen LogP contribution in [-0.2, 0) is 11.8 Å². The molecule has 0 nitrogen and oxygen atoms in total. The van der Waals surface area contributed by atoms with Gasteiger partial charge in [-0.1, -0.05) is 18.1 Å². The van der Waals surface area contributed by atoms with E-state index < -0.39 is 0 Å². The van der Waals surface area contributed by atoms with Crippen molar-refractivity contribution in [1.29, 1.82) is 0 Å². The van der Waals surface area contributed by atoms with Gasteiger partial charge in [-0.25, -0.2) is 0 Å². The Bertz CT molecular complexity index is 196. The predicted octanol–water partition coefficient (Wildman–Crippen LogP) is 4.26. The van der Waals surface area contributed by atoms with Crippen LogP contribution in [0.5, 0.6) is 0 Å². The normalized spacial score (nSPS) is 40.4. The van der Waals surface area contributed by atoms with Crippen molar-refractivity contribution in [3.63, 3.8) is 0 Å². The molecule has 2 rings (SSSR count).